The number of nitrogens with zero attached hydrogens (tertiary/aromatic N) is 3. The molecule has 0 radical (unpaired) electrons. The molecule has 0 atom stereocenters. The first-order valence-electron chi connectivity index (χ1n) is 7.82. The lowest BCUT2D eigenvalue weighted by Crippen LogP contribution is -2.31. The molecule has 0 saturated heterocycles. The van der Waals surface area contributed by atoms with Crippen LogP contribution in [0, 0.1) is 13.8 Å². The lowest BCUT2D eigenvalue weighted by atomic mass is 10.2. The summed E-state index contributed by atoms with van der Waals surface area (Å²) in [5.74, 6) is -0.266. The van der Waals surface area contributed by atoms with Gasteiger partial charge >= 0.3 is 5.97 Å². The van der Waals surface area contributed by atoms with E-state index in [1.165, 1.54) is 15.9 Å². The van der Waals surface area contributed by atoms with Gasteiger partial charge in [-0.05, 0) is 32.5 Å². The molecule has 126 valence electrons. The van der Waals surface area contributed by atoms with Crippen LogP contribution < -0.4 is 5.56 Å². The maximum Gasteiger partial charge on any atom is 0.305 e. The molecule has 0 saturated carbocycles. The van der Waals surface area contributed by atoms with Gasteiger partial charge < -0.3 is 5.11 Å². The summed E-state index contributed by atoms with van der Waals surface area (Å²) >= 11 is 1.52. The number of rotatable bonds is 7. The Bertz CT molecular complexity index is 775. The summed E-state index contributed by atoms with van der Waals surface area (Å²) in [6.07, 6.45) is -0.0828. The smallest absolute Gasteiger partial charge is 0.305 e. The van der Waals surface area contributed by atoms with Gasteiger partial charge in [-0.15, -0.1) is 11.3 Å². The molecule has 0 fully saturated rings. The Hall–Kier alpha value is -1.73. The molecular formula is C16H23N3O3S. The van der Waals surface area contributed by atoms with E-state index in [9.17, 15) is 9.59 Å². The molecule has 2 heterocycles. The fourth-order valence-corrected chi connectivity index (χ4v) is 3.61. The Morgan fingerprint density at radius 3 is 2.52 bits per heavy atom. The quantitative estimate of drug-likeness (QED) is 0.839. The van der Waals surface area contributed by atoms with Crippen molar-refractivity contribution in [2.24, 2.45) is 0 Å². The van der Waals surface area contributed by atoms with Crippen molar-refractivity contribution in [3.8, 4) is 0 Å². The monoisotopic (exact) mass is 337 g/mol. The first kappa shape index (κ1) is 17.6. The Balaban J connectivity index is 2.59. The topological polar surface area (TPSA) is 75.4 Å². The number of aryl methyl sites for hydroxylation is 2. The molecule has 0 aliphatic heterocycles. The van der Waals surface area contributed by atoms with E-state index < -0.39 is 5.97 Å². The van der Waals surface area contributed by atoms with Crippen molar-refractivity contribution >= 4 is 27.5 Å². The summed E-state index contributed by atoms with van der Waals surface area (Å²) in [5, 5.41) is 9.58. The van der Waals surface area contributed by atoms with Crippen molar-refractivity contribution in [3.05, 3.63) is 26.6 Å². The number of carbonyl (C=O) groups is 1. The molecule has 1 N–H and O–H groups in total. The van der Waals surface area contributed by atoms with Crippen LogP contribution in [0.1, 0.15) is 36.5 Å². The molecule has 0 aliphatic rings. The molecule has 0 amide bonds. The Labute approximate surface area is 139 Å². The van der Waals surface area contributed by atoms with Gasteiger partial charge in [0.1, 0.15) is 10.7 Å². The van der Waals surface area contributed by atoms with E-state index in [2.05, 4.69) is 23.7 Å². The molecule has 0 bridgehead atoms. The second-order valence-corrected chi connectivity index (χ2v) is 6.76. The van der Waals surface area contributed by atoms with Crippen LogP contribution in [0.15, 0.2) is 4.79 Å². The first-order chi connectivity index (χ1) is 10.9. The highest BCUT2D eigenvalue weighted by molar-refractivity contribution is 7.18. The molecule has 7 heteroatoms. The minimum atomic E-state index is -0.913. The molecule has 0 spiro atoms. The van der Waals surface area contributed by atoms with E-state index >= 15 is 0 Å². The maximum atomic E-state index is 12.9. The van der Waals surface area contributed by atoms with E-state index in [0.29, 0.717) is 17.8 Å². The van der Waals surface area contributed by atoms with Crippen LogP contribution in [0.25, 0.3) is 10.2 Å². The highest BCUT2D eigenvalue weighted by Crippen LogP contribution is 2.26. The Morgan fingerprint density at radius 1 is 1.30 bits per heavy atom. The number of hydrogen-bond donors (Lipinski definition) is 1. The summed E-state index contributed by atoms with van der Waals surface area (Å²) in [6, 6.07) is 0. The third-order valence-electron chi connectivity index (χ3n) is 4.18. The average molecular weight is 337 g/mol. The van der Waals surface area contributed by atoms with E-state index in [-0.39, 0.29) is 18.5 Å². The van der Waals surface area contributed by atoms with Gasteiger partial charge in [-0.3, -0.25) is 19.1 Å². The predicted octanol–water partition coefficient (Wildman–Crippen LogP) is 2.39. The minimum absolute atomic E-state index is 0.0828. The van der Waals surface area contributed by atoms with Crippen LogP contribution in [0.2, 0.25) is 0 Å². The van der Waals surface area contributed by atoms with Gasteiger partial charge in [-0.2, -0.15) is 0 Å². The molecule has 0 unspecified atom stereocenters. The van der Waals surface area contributed by atoms with E-state index in [1.54, 1.807) is 0 Å². The lowest BCUT2D eigenvalue weighted by molar-refractivity contribution is -0.137. The van der Waals surface area contributed by atoms with Gasteiger partial charge in [0.05, 0.1) is 18.4 Å². The summed E-state index contributed by atoms with van der Waals surface area (Å²) < 4.78 is 1.54. The number of carboxylic acid groups (broad SMARTS) is 1. The second kappa shape index (κ2) is 7.23. The Morgan fingerprint density at radius 2 is 1.96 bits per heavy atom. The van der Waals surface area contributed by atoms with Gasteiger partial charge in [0.15, 0.2) is 0 Å². The lowest BCUT2D eigenvalue weighted by Gasteiger charge is -2.20. The van der Waals surface area contributed by atoms with Crippen LogP contribution in [0.3, 0.4) is 0 Å². The zero-order chi connectivity index (χ0) is 17.1. The fourth-order valence-electron chi connectivity index (χ4n) is 2.58. The third kappa shape index (κ3) is 3.61. The SMILES string of the molecule is CCN(CC)Cc1nc2sc(C)c(C)c2c(=O)n1CCC(=O)O. The maximum absolute atomic E-state index is 12.9. The van der Waals surface area contributed by atoms with Gasteiger partial charge in [0.25, 0.3) is 5.56 Å². The summed E-state index contributed by atoms with van der Waals surface area (Å²) in [6.45, 7) is 10.4. The zero-order valence-corrected chi connectivity index (χ0v) is 14.9. The number of fused-ring (bicyclic) bond motifs is 1. The predicted molar refractivity (Wildman–Crippen MR) is 92.2 cm³/mol. The van der Waals surface area contributed by atoms with Gasteiger partial charge in [0.2, 0.25) is 0 Å². The summed E-state index contributed by atoms with van der Waals surface area (Å²) in [5.41, 5.74) is 0.821. The molecule has 0 aliphatic carbocycles. The highest BCUT2D eigenvalue weighted by atomic mass is 32.1. The molecule has 23 heavy (non-hydrogen) atoms. The minimum Gasteiger partial charge on any atom is -0.481 e. The molecule has 6 nitrogen and oxygen atoms in total. The second-order valence-electron chi connectivity index (χ2n) is 5.55. The number of aliphatic carboxylic acids is 1. The van der Waals surface area contributed by atoms with E-state index in [1.807, 2.05) is 13.8 Å². The molecule has 2 aromatic rings. The van der Waals surface area contributed by atoms with Crippen LogP contribution in [-0.4, -0.2) is 38.6 Å². The van der Waals surface area contributed by atoms with Crippen molar-refractivity contribution in [2.75, 3.05) is 13.1 Å². The van der Waals surface area contributed by atoms with Gasteiger partial charge in [-0.1, -0.05) is 13.8 Å². The normalized spacial score (nSPS) is 11.5. The number of thiophene rings is 1. The van der Waals surface area contributed by atoms with Gasteiger partial charge in [0, 0.05) is 11.4 Å². The van der Waals surface area contributed by atoms with E-state index in [4.69, 9.17) is 5.11 Å². The Kier molecular flexibility index (Phi) is 5.54. The van der Waals surface area contributed by atoms with Crippen molar-refractivity contribution in [1.82, 2.24) is 14.5 Å². The zero-order valence-electron chi connectivity index (χ0n) is 14.0. The molecule has 2 rings (SSSR count). The summed E-state index contributed by atoms with van der Waals surface area (Å²) in [7, 11) is 0. The van der Waals surface area contributed by atoms with Crippen molar-refractivity contribution in [2.45, 2.75) is 47.2 Å². The third-order valence-corrected chi connectivity index (χ3v) is 5.28. The number of hydrogen-bond acceptors (Lipinski definition) is 5. The van der Waals surface area contributed by atoms with Crippen molar-refractivity contribution in [1.29, 1.82) is 0 Å². The standard InChI is InChI=1S/C16H23N3O3S/c1-5-18(6-2)9-12-17-15-14(10(3)11(4)23-15)16(22)19(12)8-7-13(20)21/h5-9H2,1-4H3,(H,20,21). The van der Waals surface area contributed by atoms with Crippen LogP contribution in [-0.2, 0) is 17.9 Å². The first-order valence-corrected chi connectivity index (χ1v) is 8.64. The van der Waals surface area contributed by atoms with Crippen molar-refractivity contribution < 1.29 is 9.90 Å². The fraction of sp³-hybridized carbons (Fsp3) is 0.562. The highest BCUT2D eigenvalue weighted by Gasteiger charge is 2.18. The van der Waals surface area contributed by atoms with Crippen LogP contribution in [0.5, 0.6) is 0 Å². The summed E-state index contributed by atoms with van der Waals surface area (Å²) in [4.78, 5) is 32.5. The van der Waals surface area contributed by atoms with Crippen molar-refractivity contribution in [3.63, 3.8) is 0 Å². The average Bonchev–Trinajstić information content (AvgIpc) is 2.78. The largest absolute Gasteiger partial charge is 0.481 e. The molecule has 2 aromatic heterocycles. The van der Waals surface area contributed by atoms with Gasteiger partial charge in [-0.25, -0.2) is 4.98 Å². The van der Waals surface area contributed by atoms with E-state index in [0.717, 1.165) is 28.4 Å². The number of carboxylic acids is 1. The molecular weight excluding hydrogens is 314 g/mol. The van der Waals surface area contributed by atoms with Crippen LogP contribution in [0.4, 0.5) is 0 Å². The number of aromatic nitrogens is 2. The molecule has 0 aromatic carbocycles. The van der Waals surface area contributed by atoms with Crippen LogP contribution >= 0.6 is 11.3 Å².